The molecular weight excluding hydrogens is 448 g/mol. The highest BCUT2D eigenvalue weighted by molar-refractivity contribution is 6.30. The van der Waals surface area contributed by atoms with E-state index in [1.165, 1.54) is 99.1 Å². The molecule has 0 radical (unpaired) electrons. The van der Waals surface area contributed by atoms with Crippen LogP contribution in [0, 0.1) is 11.8 Å². The van der Waals surface area contributed by atoms with Crippen molar-refractivity contribution in [1.29, 1.82) is 0 Å². The molecule has 35 heavy (non-hydrogen) atoms. The van der Waals surface area contributed by atoms with E-state index in [9.17, 15) is 0 Å². The molecule has 2 aliphatic carbocycles. The lowest BCUT2D eigenvalue weighted by atomic mass is 9.81. The largest absolute Gasteiger partial charge is 0.347 e. The third kappa shape index (κ3) is 6.52. The van der Waals surface area contributed by atoms with Crippen molar-refractivity contribution in [1.82, 2.24) is 4.57 Å². The normalized spacial score (nSPS) is 22.1. The number of hydrogen-bond acceptors (Lipinski definition) is 1. The molecule has 2 saturated carbocycles. The number of aromatic nitrogens is 1. The Balaban J connectivity index is 0.00000289. The molecule has 2 N–H and O–H groups in total. The maximum Gasteiger partial charge on any atom is 0.0483 e. The maximum absolute atomic E-state index is 6.48. The van der Waals surface area contributed by atoms with Gasteiger partial charge in [0.05, 0.1) is 0 Å². The van der Waals surface area contributed by atoms with Crippen LogP contribution in [0.15, 0.2) is 54.7 Å². The molecule has 2 fully saturated rings. The second-order valence-electron chi connectivity index (χ2n) is 11.1. The van der Waals surface area contributed by atoms with E-state index in [1.807, 2.05) is 6.07 Å². The average molecular weight is 493 g/mol. The lowest BCUT2D eigenvalue weighted by Crippen LogP contribution is -2.26. The number of fused-ring (bicyclic) bond motifs is 1. The monoisotopic (exact) mass is 492 g/mol. The van der Waals surface area contributed by atoms with Gasteiger partial charge in [-0.2, -0.15) is 0 Å². The van der Waals surface area contributed by atoms with Crippen LogP contribution in [0.2, 0.25) is 5.02 Å². The summed E-state index contributed by atoms with van der Waals surface area (Å²) in [5.41, 5.74) is 10.4. The van der Waals surface area contributed by atoms with E-state index in [-0.39, 0.29) is 7.43 Å². The van der Waals surface area contributed by atoms with E-state index in [0.29, 0.717) is 12.0 Å². The average Bonchev–Trinajstić information content (AvgIpc) is 3.22. The van der Waals surface area contributed by atoms with E-state index in [0.717, 1.165) is 23.4 Å². The molecule has 1 atom stereocenters. The minimum atomic E-state index is 0. The molecule has 190 valence electrons. The molecular formula is C32H45ClN2. The van der Waals surface area contributed by atoms with E-state index < -0.39 is 0 Å². The zero-order valence-electron chi connectivity index (χ0n) is 20.6. The summed E-state index contributed by atoms with van der Waals surface area (Å²) >= 11 is 6.48. The fraction of sp³-hybridized carbons (Fsp3) is 0.562. The molecule has 1 heterocycles. The van der Waals surface area contributed by atoms with Crippen LogP contribution < -0.4 is 5.73 Å². The number of nitrogens with two attached hydrogens (primary N) is 1. The van der Waals surface area contributed by atoms with Gasteiger partial charge in [-0.15, -0.1) is 0 Å². The van der Waals surface area contributed by atoms with E-state index in [4.69, 9.17) is 17.3 Å². The van der Waals surface area contributed by atoms with Gasteiger partial charge in [0.2, 0.25) is 0 Å². The van der Waals surface area contributed by atoms with Gasteiger partial charge in [-0.1, -0.05) is 81.5 Å². The Kier molecular flexibility index (Phi) is 9.36. The lowest BCUT2D eigenvalue weighted by Gasteiger charge is -2.26. The number of para-hydroxylation sites is 1. The van der Waals surface area contributed by atoms with Gasteiger partial charge in [0.15, 0.2) is 0 Å². The molecule has 2 aromatic carbocycles. The summed E-state index contributed by atoms with van der Waals surface area (Å²) in [4.78, 5) is 0. The Labute approximate surface area is 218 Å². The van der Waals surface area contributed by atoms with E-state index in [2.05, 4.69) is 53.2 Å². The number of benzene rings is 2. The van der Waals surface area contributed by atoms with Crippen LogP contribution in [-0.2, 0) is 6.54 Å². The third-order valence-electron chi connectivity index (χ3n) is 8.62. The quantitative estimate of drug-likeness (QED) is 0.333. The summed E-state index contributed by atoms with van der Waals surface area (Å²) < 4.78 is 2.57. The van der Waals surface area contributed by atoms with Crippen LogP contribution in [0.25, 0.3) is 10.9 Å². The van der Waals surface area contributed by atoms with Crippen LogP contribution >= 0.6 is 11.6 Å². The van der Waals surface area contributed by atoms with Gasteiger partial charge >= 0.3 is 0 Å². The molecule has 0 amide bonds. The number of nitrogens with zero attached hydrogens (tertiary/aromatic N) is 1. The molecule has 1 unspecified atom stereocenters. The fourth-order valence-corrected chi connectivity index (χ4v) is 6.86. The number of halogens is 1. The highest BCUT2D eigenvalue weighted by Crippen LogP contribution is 2.39. The van der Waals surface area contributed by atoms with Crippen molar-refractivity contribution < 1.29 is 0 Å². The van der Waals surface area contributed by atoms with Crippen molar-refractivity contribution in [2.75, 3.05) is 0 Å². The van der Waals surface area contributed by atoms with Crippen molar-refractivity contribution in [2.24, 2.45) is 17.6 Å². The smallest absolute Gasteiger partial charge is 0.0483 e. The summed E-state index contributed by atoms with van der Waals surface area (Å²) in [6, 6.07) is 18.1. The fourth-order valence-electron chi connectivity index (χ4n) is 6.66. The van der Waals surface area contributed by atoms with Gasteiger partial charge in [-0.25, -0.2) is 0 Å². The first kappa shape index (κ1) is 26.3. The molecule has 1 aromatic heterocycles. The summed E-state index contributed by atoms with van der Waals surface area (Å²) in [6.07, 6.45) is 18.3. The number of hydrogen-bond donors (Lipinski definition) is 1. The molecule has 0 saturated heterocycles. The van der Waals surface area contributed by atoms with Gasteiger partial charge in [-0.3, -0.25) is 0 Å². The van der Waals surface area contributed by atoms with Crippen LogP contribution in [0.3, 0.4) is 0 Å². The highest BCUT2D eigenvalue weighted by Gasteiger charge is 2.23. The first-order chi connectivity index (χ1) is 16.7. The van der Waals surface area contributed by atoms with Crippen molar-refractivity contribution in [3.05, 3.63) is 70.9 Å². The Hall–Kier alpha value is -1.77. The van der Waals surface area contributed by atoms with Crippen molar-refractivity contribution in [2.45, 2.75) is 103 Å². The SMILES string of the molecule is C.NC1CCC(CCCC(c2cccc(Cl)c2)c2cn(CC3CCCCC3)c3ccccc23)CC1. The summed E-state index contributed by atoms with van der Waals surface area (Å²) in [7, 11) is 0. The molecule has 2 aliphatic rings. The van der Waals surface area contributed by atoms with E-state index in [1.54, 1.807) is 0 Å². The zero-order chi connectivity index (χ0) is 23.3. The Morgan fingerprint density at radius 2 is 1.66 bits per heavy atom. The minimum absolute atomic E-state index is 0. The summed E-state index contributed by atoms with van der Waals surface area (Å²) in [5, 5.41) is 2.27. The molecule has 0 aliphatic heterocycles. The predicted octanol–water partition coefficient (Wildman–Crippen LogP) is 9.33. The van der Waals surface area contributed by atoms with E-state index >= 15 is 0 Å². The zero-order valence-corrected chi connectivity index (χ0v) is 21.4. The molecule has 3 heteroatoms. The van der Waals surface area contributed by atoms with Crippen molar-refractivity contribution in [3.63, 3.8) is 0 Å². The molecule has 0 bridgehead atoms. The van der Waals surface area contributed by atoms with Crippen LogP contribution in [0.1, 0.15) is 102 Å². The van der Waals surface area contributed by atoms with Gasteiger partial charge in [0.25, 0.3) is 0 Å². The van der Waals surface area contributed by atoms with Crippen LogP contribution in [-0.4, -0.2) is 10.6 Å². The van der Waals surface area contributed by atoms with Crippen molar-refractivity contribution >= 4 is 22.5 Å². The summed E-state index contributed by atoms with van der Waals surface area (Å²) in [5.74, 6) is 2.06. The maximum atomic E-state index is 6.48. The number of rotatable bonds is 8. The second-order valence-corrected chi connectivity index (χ2v) is 11.5. The van der Waals surface area contributed by atoms with Crippen molar-refractivity contribution in [3.8, 4) is 0 Å². The lowest BCUT2D eigenvalue weighted by molar-refractivity contribution is 0.302. The predicted molar refractivity (Wildman–Crippen MR) is 152 cm³/mol. The van der Waals surface area contributed by atoms with Gasteiger partial charge in [0, 0.05) is 40.6 Å². The van der Waals surface area contributed by atoms with Gasteiger partial charge in [-0.05, 0) is 86.1 Å². The summed E-state index contributed by atoms with van der Waals surface area (Å²) in [6.45, 7) is 1.16. The van der Waals surface area contributed by atoms with Gasteiger partial charge < -0.3 is 10.3 Å². The molecule has 5 rings (SSSR count). The van der Waals surface area contributed by atoms with Gasteiger partial charge in [0.1, 0.15) is 0 Å². The molecule has 2 nitrogen and oxygen atoms in total. The first-order valence-corrected chi connectivity index (χ1v) is 14.1. The Morgan fingerprint density at radius 3 is 2.43 bits per heavy atom. The second kappa shape index (κ2) is 12.5. The highest BCUT2D eigenvalue weighted by atomic mass is 35.5. The Morgan fingerprint density at radius 1 is 0.886 bits per heavy atom. The third-order valence-corrected chi connectivity index (χ3v) is 8.86. The minimum Gasteiger partial charge on any atom is -0.347 e. The molecule has 0 spiro atoms. The standard InChI is InChI=1S/C31H41ClN2.CH4/c32-26-12-7-11-25(20-26)28(14-6-10-23-16-18-27(33)19-17-23)30-22-34(21-24-8-2-1-3-9-24)31-15-5-4-13-29(30)31;/h4-5,7,11-13,15,20,22-24,27-28H,1-3,6,8-10,14,16-19,21,33H2;1H4. The molecule has 3 aromatic rings. The first-order valence-electron chi connectivity index (χ1n) is 13.8. The Bertz CT molecular complexity index is 1060. The topological polar surface area (TPSA) is 30.9 Å². The van der Waals surface area contributed by atoms with Crippen LogP contribution in [0.4, 0.5) is 0 Å². The van der Waals surface area contributed by atoms with Crippen LogP contribution in [0.5, 0.6) is 0 Å².